The molecule has 1 aromatic heterocycles. The highest BCUT2D eigenvalue weighted by Crippen LogP contribution is 2.16. The summed E-state index contributed by atoms with van der Waals surface area (Å²) in [7, 11) is 0. The second-order valence-corrected chi connectivity index (χ2v) is 4.14. The Morgan fingerprint density at radius 2 is 2.44 bits per heavy atom. The highest BCUT2D eigenvalue weighted by atomic mass is 35.5. The third kappa shape index (κ3) is 3.87. The molecule has 0 aliphatic rings. The van der Waals surface area contributed by atoms with Gasteiger partial charge in [0.15, 0.2) is 0 Å². The molecule has 5 heteroatoms. The average molecular weight is 246 g/mol. The third-order valence-corrected chi connectivity index (χ3v) is 2.63. The van der Waals surface area contributed by atoms with Crippen LogP contribution in [0.3, 0.4) is 0 Å². The molecule has 1 unspecified atom stereocenters. The van der Waals surface area contributed by atoms with Crippen molar-refractivity contribution < 1.29 is 14.3 Å². The van der Waals surface area contributed by atoms with Gasteiger partial charge >= 0.3 is 0 Å². The van der Waals surface area contributed by atoms with Gasteiger partial charge in [0.1, 0.15) is 0 Å². The van der Waals surface area contributed by atoms with Crippen molar-refractivity contribution in [3.8, 4) is 0 Å². The van der Waals surface area contributed by atoms with Gasteiger partial charge in [0, 0.05) is 13.2 Å². The number of nitrogens with one attached hydrogen (secondary N) is 1. The summed E-state index contributed by atoms with van der Waals surface area (Å²) in [6.45, 7) is 2.72. The van der Waals surface area contributed by atoms with Crippen molar-refractivity contribution in [1.82, 2.24) is 5.32 Å². The topological polar surface area (TPSA) is 62.5 Å². The number of hydrogen-bond donors (Lipinski definition) is 2. The summed E-state index contributed by atoms with van der Waals surface area (Å²) in [6.07, 6.45) is 3.10. The van der Waals surface area contributed by atoms with Crippen molar-refractivity contribution in [2.24, 2.45) is 5.92 Å². The van der Waals surface area contributed by atoms with Crippen molar-refractivity contribution in [1.29, 1.82) is 0 Å². The van der Waals surface area contributed by atoms with Crippen molar-refractivity contribution in [2.45, 2.75) is 19.8 Å². The van der Waals surface area contributed by atoms with E-state index in [2.05, 4.69) is 5.32 Å². The van der Waals surface area contributed by atoms with Gasteiger partial charge in [0.25, 0.3) is 5.91 Å². The molecule has 0 saturated carbocycles. The highest BCUT2D eigenvalue weighted by molar-refractivity contribution is 6.32. The zero-order valence-electron chi connectivity index (χ0n) is 9.20. The minimum atomic E-state index is -0.226. The Hall–Kier alpha value is -1.00. The summed E-state index contributed by atoms with van der Waals surface area (Å²) in [5.41, 5.74) is 0.358. The lowest BCUT2D eigenvalue weighted by atomic mass is 10.1. The van der Waals surface area contributed by atoms with Gasteiger partial charge in [-0.2, -0.15) is 0 Å². The van der Waals surface area contributed by atoms with Gasteiger partial charge in [-0.15, -0.1) is 0 Å². The fourth-order valence-corrected chi connectivity index (χ4v) is 1.49. The first-order valence-corrected chi connectivity index (χ1v) is 5.65. The molecule has 1 heterocycles. The summed E-state index contributed by atoms with van der Waals surface area (Å²) in [5.74, 6) is 0.0461. The second-order valence-electron chi connectivity index (χ2n) is 3.79. The normalized spacial score (nSPS) is 12.4. The van der Waals surface area contributed by atoms with Gasteiger partial charge < -0.3 is 14.8 Å². The van der Waals surface area contributed by atoms with Gasteiger partial charge in [0.05, 0.1) is 11.8 Å². The van der Waals surface area contributed by atoms with Gasteiger partial charge in [-0.05, 0) is 36.4 Å². The quantitative estimate of drug-likeness (QED) is 0.755. The first-order valence-electron chi connectivity index (χ1n) is 5.27. The van der Waals surface area contributed by atoms with Crippen LogP contribution in [0.1, 0.15) is 30.1 Å². The number of furan rings is 1. The van der Waals surface area contributed by atoms with E-state index in [4.69, 9.17) is 21.1 Å². The van der Waals surface area contributed by atoms with Crippen LogP contribution in [0.5, 0.6) is 0 Å². The summed E-state index contributed by atoms with van der Waals surface area (Å²) in [4.78, 5) is 11.5. The zero-order chi connectivity index (χ0) is 12.0. The number of carbonyl (C=O) groups is 1. The van der Waals surface area contributed by atoms with E-state index in [0.29, 0.717) is 12.1 Å². The Balaban J connectivity index is 2.24. The fourth-order valence-electron chi connectivity index (χ4n) is 1.29. The summed E-state index contributed by atoms with van der Waals surface area (Å²) >= 11 is 5.66. The number of aliphatic hydroxyl groups is 1. The molecule has 16 heavy (non-hydrogen) atoms. The van der Waals surface area contributed by atoms with Crippen LogP contribution in [0.2, 0.25) is 5.22 Å². The molecule has 0 fully saturated rings. The molecule has 0 aliphatic carbocycles. The smallest absolute Gasteiger partial charge is 0.256 e. The maximum absolute atomic E-state index is 11.5. The predicted molar refractivity (Wildman–Crippen MR) is 61.5 cm³/mol. The lowest BCUT2D eigenvalue weighted by Gasteiger charge is -2.07. The average Bonchev–Trinajstić information content (AvgIpc) is 2.70. The van der Waals surface area contributed by atoms with E-state index in [1.54, 1.807) is 0 Å². The third-order valence-electron chi connectivity index (χ3n) is 2.33. The SMILES string of the molecule is CC(CO)CCCNC(=O)c1ccoc1Cl. The van der Waals surface area contributed by atoms with Crippen LogP contribution in [0.4, 0.5) is 0 Å². The summed E-state index contributed by atoms with van der Waals surface area (Å²) < 4.78 is 4.82. The first-order chi connectivity index (χ1) is 7.65. The molecule has 0 saturated heterocycles. The number of hydrogen-bond acceptors (Lipinski definition) is 3. The number of carbonyl (C=O) groups excluding carboxylic acids is 1. The minimum Gasteiger partial charge on any atom is -0.452 e. The number of aliphatic hydroxyl groups excluding tert-OH is 1. The van der Waals surface area contributed by atoms with Gasteiger partial charge in [-0.25, -0.2) is 0 Å². The molecular formula is C11H16ClNO3. The molecule has 0 bridgehead atoms. The minimum absolute atomic E-state index is 0.112. The van der Waals surface area contributed by atoms with Gasteiger partial charge in [-0.1, -0.05) is 6.92 Å². The Labute approximate surface area is 99.6 Å². The van der Waals surface area contributed by atoms with E-state index in [1.165, 1.54) is 12.3 Å². The van der Waals surface area contributed by atoms with E-state index in [-0.39, 0.29) is 23.7 Å². The molecule has 0 aliphatic heterocycles. The van der Waals surface area contributed by atoms with E-state index in [1.807, 2.05) is 6.92 Å². The van der Waals surface area contributed by atoms with Gasteiger partial charge in [0.2, 0.25) is 5.22 Å². The van der Waals surface area contributed by atoms with E-state index in [0.717, 1.165) is 12.8 Å². The standard InChI is InChI=1S/C11H16ClNO3/c1-8(7-14)3-2-5-13-11(15)9-4-6-16-10(9)12/h4,6,8,14H,2-3,5,7H2,1H3,(H,13,15). The van der Waals surface area contributed by atoms with E-state index in [9.17, 15) is 4.79 Å². The second kappa shape index (κ2) is 6.55. The number of halogens is 1. The highest BCUT2D eigenvalue weighted by Gasteiger charge is 2.11. The summed E-state index contributed by atoms with van der Waals surface area (Å²) in [6, 6.07) is 1.54. The van der Waals surface area contributed by atoms with Crippen LogP contribution in [0, 0.1) is 5.92 Å². The molecule has 1 aromatic rings. The molecular weight excluding hydrogens is 230 g/mol. The lowest BCUT2D eigenvalue weighted by molar-refractivity contribution is 0.0951. The molecule has 0 aromatic carbocycles. The maximum atomic E-state index is 11.5. The van der Waals surface area contributed by atoms with Crippen LogP contribution < -0.4 is 5.32 Å². The van der Waals surface area contributed by atoms with Crippen molar-refractivity contribution in [2.75, 3.05) is 13.2 Å². The predicted octanol–water partition coefficient (Wildman–Crippen LogP) is 2.07. The molecule has 0 spiro atoms. The van der Waals surface area contributed by atoms with Crippen LogP contribution in [-0.2, 0) is 0 Å². The van der Waals surface area contributed by atoms with Gasteiger partial charge in [-0.3, -0.25) is 4.79 Å². The molecule has 1 rings (SSSR count). The number of amides is 1. The molecule has 2 N–H and O–H groups in total. The van der Waals surface area contributed by atoms with Crippen molar-refractivity contribution in [3.05, 3.63) is 23.1 Å². The van der Waals surface area contributed by atoms with Crippen LogP contribution >= 0.6 is 11.6 Å². The fraction of sp³-hybridized carbons (Fsp3) is 0.545. The Morgan fingerprint density at radius 3 is 3.00 bits per heavy atom. The first kappa shape index (κ1) is 13.1. The Morgan fingerprint density at radius 1 is 1.69 bits per heavy atom. The Bertz CT molecular complexity index is 338. The Kier molecular flexibility index (Phi) is 5.35. The van der Waals surface area contributed by atoms with E-state index >= 15 is 0 Å². The number of rotatable bonds is 6. The van der Waals surface area contributed by atoms with Crippen LogP contribution in [0.15, 0.2) is 16.7 Å². The summed E-state index contributed by atoms with van der Waals surface area (Å²) in [5, 5.41) is 11.7. The largest absolute Gasteiger partial charge is 0.452 e. The lowest BCUT2D eigenvalue weighted by Crippen LogP contribution is -2.24. The molecule has 0 radical (unpaired) electrons. The van der Waals surface area contributed by atoms with Crippen LogP contribution in [0.25, 0.3) is 0 Å². The van der Waals surface area contributed by atoms with E-state index < -0.39 is 0 Å². The van der Waals surface area contributed by atoms with Crippen molar-refractivity contribution >= 4 is 17.5 Å². The maximum Gasteiger partial charge on any atom is 0.256 e. The molecule has 4 nitrogen and oxygen atoms in total. The molecule has 1 amide bonds. The monoisotopic (exact) mass is 245 g/mol. The van der Waals surface area contributed by atoms with Crippen LogP contribution in [-0.4, -0.2) is 24.2 Å². The zero-order valence-corrected chi connectivity index (χ0v) is 9.96. The van der Waals surface area contributed by atoms with Crippen molar-refractivity contribution in [3.63, 3.8) is 0 Å². The molecule has 90 valence electrons. The molecule has 1 atom stereocenters.